The van der Waals surface area contributed by atoms with E-state index in [0.717, 1.165) is 12.0 Å². The number of nitrogen functional groups attached to an aromatic ring is 1. The van der Waals surface area contributed by atoms with Gasteiger partial charge in [-0.3, -0.25) is 4.79 Å². The van der Waals surface area contributed by atoms with Crippen molar-refractivity contribution in [3.63, 3.8) is 0 Å². The van der Waals surface area contributed by atoms with E-state index in [0.29, 0.717) is 22.4 Å². The quantitative estimate of drug-likeness (QED) is 0.767. The second kappa shape index (κ2) is 3.52. The van der Waals surface area contributed by atoms with Crippen molar-refractivity contribution in [3.05, 3.63) is 16.0 Å². The van der Waals surface area contributed by atoms with Crippen molar-refractivity contribution >= 4 is 22.2 Å². The van der Waals surface area contributed by atoms with Gasteiger partial charge in [-0.15, -0.1) is 11.3 Å². The molecule has 2 rings (SSSR count). The predicted octanol–water partition coefficient (Wildman–Crippen LogP) is 2.12. The smallest absolute Gasteiger partial charge is 0.251 e. The maximum absolute atomic E-state index is 11.3. The highest BCUT2D eigenvalue weighted by Gasteiger charge is 2.29. The second-order valence-electron chi connectivity index (χ2n) is 4.49. The largest absolute Gasteiger partial charge is 0.390 e. The molecule has 1 amide bonds. The SMILES string of the molecule is CC1Cc2c(sc(N)c2C(N)=O)C(C)C1. The number of amides is 1. The Hall–Kier alpha value is -1.03. The van der Waals surface area contributed by atoms with E-state index in [-0.39, 0.29) is 5.91 Å². The summed E-state index contributed by atoms with van der Waals surface area (Å²) in [6.07, 6.45) is 2.11. The first kappa shape index (κ1) is 10.5. The lowest BCUT2D eigenvalue weighted by Gasteiger charge is -2.24. The lowest BCUT2D eigenvalue weighted by molar-refractivity contribution is 0.1000. The topological polar surface area (TPSA) is 69.1 Å². The Morgan fingerprint density at radius 2 is 2.13 bits per heavy atom. The summed E-state index contributed by atoms with van der Waals surface area (Å²) in [7, 11) is 0. The zero-order valence-electron chi connectivity index (χ0n) is 9.04. The predicted molar refractivity (Wildman–Crippen MR) is 63.1 cm³/mol. The molecule has 2 unspecified atom stereocenters. The molecule has 1 aromatic rings. The standard InChI is InChI=1S/C11H16N2OS/c1-5-3-6(2)9-7(4-5)8(10(12)14)11(13)15-9/h5-6H,3-4,13H2,1-2H3,(H2,12,14). The van der Waals surface area contributed by atoms with E-state index in [1.54, 1.807) is 0 Å². The van der Waals surface area contributed by atoms with Crippen LogP contribution in [0.3, 0.4) is 0 Å². The third kappa shape index (κ3) is 1.63. The van der Waals surface area contributed by atoms with Gasteiger partial charge in [0.2, 0.25) is 0 Å². The van der Waals surface area contributed by atoms with E-state index in [1.165, 1.54) is 22.6 Å². The van der Waals surface area contributed by atoms with Crippen LogP contribution in [0.25, 0.3) is 0 Å². The zero-order valence-corrected chi connectivity index (χ0v) is 9.86. The van der Waals surface area contributed by atoms with E-state index in [9.17, 15) is 4.79 Å². The van der Waals surface area contributed by atoms with Crippen LogP contribution in [0.2, 0.25) is 0 Å². The summed E-state index contributed by atoms with van der Waals surface area (Å²) >= 11 is 1.53. The Morgan fingerprint density at radius 3 is 2.73 bits per heavy atom. The van der Waals surface area contributed by atoms with Crippen LogP contribution in [-0.2, 0) is 6.42 Å². The van der Waals surface area contributed by atoms with Crippen molar-refractivity contribution in [1.29, 1.82) is 0 Å². The van der Waals surface area contributed by atoms with Crippen LogP contribution in [-0.4, -0.2) is 5.91 Å². The maximum Gasteiger partial charge on any atom is 0.251 e. The number of primary amides is 1. The van der Waals surface area contributed by atoms with Crippen LogP contribution in [0, 0.1) is 5.92 Å². The Bertz CT molecular complexity index is 411. The third-order valence-corrected chi connectivity index (χ3v) is 4.36. The van der Waals surface area contributed by atoms with Gasteiger partial charge in [0.15, 0.2) is 0 Å². The summed E-state index contributed by atoms with van der Waals surface area (Å²) in [6, 6.07) is 0. The van der Waals surface area contributed by atoms with E-state index < -0.39 is 0 Å². The summed E-state index contributed by atoms with van der Waals surface area (Å²) in [6.45, 7) is 4.40. The molecule has 15 heavy (non-hydrogen) atoms. The van der Waals surface area contributed by atoms with Crippen molar-refractivity contribution in [3.8, 4) is 0 Å². The highest BCUT2D eigenvalue weighted by atomic mass is 32.1. The number of fused-ring (bicyclic) bond motifs is 1. The van der Waals surface area contributed by atoms with Crippen LogP contribution < -0.4 is 11.5 Å². The Labute approximate surface area is 93.5 Å². The van der Waals surface area contributed by atoms with Crippen LogP contribution in [0.4, 0.5) is 5.00 Å². The molecule has 0 aromatic carbocycles. The summed E-state index contributed by atoms with van der Waals surface area (Å²) in [5, 5.41) is 0.591. The molecule has 0 spiro atoms. The minimum atomic E-state index is -0.383. The Kier molecular flexibility index (Phi) is 2.46. The number of carbonyl (C=O) groups is 1. The molecule has 4 N–H and O–H groups in total. The van der Waals surface area contributed by atoms with Crippen molar-refractivity contribution in [2.75, 3.05) is 5.73 Å². The molecule has 0 radical (unpaired) electrons. The van der Waals surface area contributed by atoms with Crippen LogP contribution in [0.1, 0.15) is 47.0 Å². The first-order chi connectivity index (χ1) is 7.00. The number of nitrogens with two attached hydrogens (primary N) is 2. The van der Waals surface area contributed by atoms with Gasteiger partial charge in [-0.25, -0.2) is 0 Å². The molecule has 1 heterocycles. The molecule has 0 saturated carbocycles. The van der Waals surface area contributed by atoms with Gasteiger partial charge in [-0.2, -0.15) is 0 Å². The second-order valence-corrected chi connectivity index (χ2v) is 5.58. The normalized spacial score (nSPS) is 24.9. The Morgan fingerprint density at radius 1 is 1.47 bits per heavy atom. The van der Waals surface area contributed by atoms with Crippen molar-refractivity contribution in [1.82, 2.24) is 0 Å². The van der Waals surface area contributed by atoms with Crippen molar-refractivity contribution in [2.24, 2.45) is 11.7 Å². The number of thiophene rings is 1. The molecule has 2 atom stereocenters. The van der Waals surface area contributed by atoms with Gasteiger partial charge in [0, 0.05) is 4.88 Å². The highest BCUT2D eigenvalue weighted by Crippen LogP contribution is 2.43. The fourth-order valence-electron chi connectivity index (χ4n) is 2.52. The average molecular weight is 224 g/mol. The van der Waals surface area contributed by atoms with Crippen molar-refractivity contribution in [2.45, 2.75) is 32.6 Å². The van der Waals surface area contributed by atoms with Gasteiger partial charge in [0.25, 0.3) is 5.91 Å². The van der Waals surface area contributed by atoms with E-state index in [2.05, 4.69) is 13.8 Å². The van der Waals surface area contributed by atoms with Gasteiger partial charge in [-0.1, -0.05) is 13.8 Å². The average Bonchev–Trinajstić information content (AvgIpc) is 2.41. The summed E-state index contributed by atoms with van der Waals surface area (Å²) in [4.78, 5) is 12.6. The molecule has 0 saturated heterocycles. The molecule has 3 nitrogen and oxygen atoms in total. The third-order valence-electron chi connectivity index (χ3n) is 3.07. The van der Waals surface area contributed by atoms with Gasteiger partial charge in [-0.05, 0) is 30.2 Å². The monoisotopic (exact) mass is 224 g/mol. The van der Waals surface area contributed by atoms with Gasteiger partial charge in [0.1, 0.15) is 0 Å². The molecule has 0 bridgehead atoms. The number of anilines is 1. The molecule has 0 fully saturated rings. The lowest BCUT2D eigenvalue weighted by Crippen LogP contribution is -2.19. The fourth-order valence-corrected chi connectivity index (χ4v) is 3.68. The first-order valence-electron chi connectivity index (χ1n) is 5.21. The first-order valence-corrected chi connectivity index (χ1v) is 6.03. The summed E-state index contributed by atoms with van der Waals surface area (Å²) < 4.78 is 0. The minimum Gasteiger partial charge on any atom is -0.390 e. The molecule has 82 valence electrons. The van der Waals surface area contributed by atoms with Crippen LogP contribution in [0.5, 0.6) is 0 Å². The maximum atomic E-state index is 11.3. The highest BCUT2D eigenvalue weighted by molar-refractivity contribution is 7.16. The summed E-state index contributed by atoms with van der Waals surface area (Å²) in [5.41, 5.74) is 12.9. The molecule has 1 aromatic heterocycles. The molecular formula is C11H16N2OS. The lowest BCUT2D eigenvalue weighted by atomic mass is 9.82. The van der Waals surface area contributed by atoms with Crippen LogP contribution >= 0.6 is 11.3 Å². The number of hydrogen-bond donors (Lipinski definition) is 2. The van der Waals surface area contributed by atoms with Crippen LogP contribution in [0.15, 0.2) is 0 Å². The van der Waals surface area contributed by atoms with Gasteiger partial charge in [0.05, 0.1) is 10.6 Å². The zero-order chi connectivity index (χ0) is 11.2. The van der Waals surface area contributed by atoms with E-state index in [4.69, 9.17) is 11.5 Å². The molecule has 0 aliphatic heterocycles. The molecule has 1 aliphatic carbocycles. The number of rotatable bonds is 1. The minimum absolute atomic E-state index is 0.383. The summed E-state index contributed by atoms with van der Waals surface area (Å²) in [5.74, 6) is 0.732. The molecular weight excluding hydrogens is 208 g/mol. The van der Waals surface area contributed by atoms with Crippen molar-refractivity contribution < 1.29 is 4.79 Å². The van der Waals surface area contributed by atoms with Gasteiger partial charge < -0.3 is 11.5 Å². The number of hydrogen-bond acceptors (Lipinski definition) is 3. The van der Waals surface area contributed by atoms with E-state index in [1.807, 2.05) is 0 Å². The molecule has 1 aliphatic rings. The van der Waals surface area contributed by atoms with Gasteiger partial charge >= 0.3 is 0 Å². The number of carbonyl (C=O) groups excluding carboxylic acids is 1. The van der Waals surface area contributed by atoms with E-state index >= 15 is 0 Å². The molecule has 4 heteroatoms. The fraction of sp³-hybridized carbons (Fsp3) is 0.545. The Balaban J connectivity index is 2.56.